The smallest absolute Gasteiger partial charge is 0.432 e. The van der Waals surface area contributed by atoms with Crippen LogP contribution in [0.25, 0.3) is 0 Å². The van der Waals surface area contributed by atoms with Crippen LogP contribution in [0.2, 0.25) is 5.02 Å². The molecular weight excluding hydrogens is 454 g/mol. The third-order valence-corrected chi connectivity index (χ3v) is 4.47. The summed E-state index contributed by atoms with van der Waals surface area (Å²) in [7, 11) is 1.44. The number of halogens is 5. The third-order valence-electron chi connectivity index (χ3n) is 4.12. The monoisotopic (exact) mass is 469 g/mol. The first-order chi connectivity index (χ1) is 15.2. The van der Waals surface area contributed by atoms with E-state index in [-0.39, 0.29) is 28.9 Å². The van der Waals surface area contributed by atoms with Gasteiger partial charge in [0.2, 0.25) is 5.96 Å². The summed E-state index contributed by atoms with van der Waals surface area (Å²) in [6.07, 6.45) is -4.63. The number of anilines is 1. The van der Waals surface area contributed by atoms with Gasteiger partial charge in [0.05, 0.1) is 13.7 Å². The number of aromatic amines is 1. The maximum Gasteiger partial charge on any atom is 0.432 e. The Morgan fingerprint density at radius 1 is 1.22 bits per heavy atom. The number of nitrogens with zero attached hydrogens (tertiary/aromatic N) is 2. The fraction of sp³-hybridized carbons (Fsp3) is 0.150. The van der Waals surface area contributed by atoms with Gasteiger partial charge in [-0.15, -0.1) is 0 Å². The molecule has 32 heavy (non-hydrogen) atoms. The molecule has 3 rings (SSSR count). The lowest BCUT2D eigenvalue weighted by molar-refractivity contribution is -0.141. The number of methoxy groups -OCH3 is 1. The van der Waals surface area contributed by atoms with Gasteiger partial charge in [-0.3, -0.25) is 15.2 Å². The van der Waals surface area contributed by atoms with Crippen LogP contribution < -0.4 is 15.4 Å². The average molecular weight is 470 g/mol. The number of aromatic nitrogens is 2. The number of nitrogens with one attached hydrogen (secondary N) is 3. The Kier molecular flexibility index (Phi) is 6.98. The van der Waals surface area contributed by atoms with Crippen molar-refractivity contribution in [3.63, 3.8) is 0 Å². The van der Waals surface area contributed by atoms with Gasteiger partial charge in [-0.1, -0.05) is 23.7 Å². The molecule has 1 aromatic heterocycles. The van der Waals surface area contributed by atoms with Gasteiger partial charge in [0, 0.05) is 16.7 Å². The number of hydrogen-bond donors (Lipinski definition) is 3. The minimum absolute atomic E-state index is 0.101. The number of guanidine groups is 1. The molecule has 0 aliphatic rings. The number of alkyl halides is 3. The summed E-state index contributed by atoms with van der Waals surface area (Å²) in [5, 5.41) is 10.5. The first-order valence-electron chi connectivity index (χ1n) is 8.99. The van der Waals surface area contributed by atoms with Crippen LogP contribution in [-0.2, 0) is 12.7 Å². The molecule has 0 atom stereocenters. The number of benzene rings is 2. The van der Waals surface area contributed by atoms with E-state index in [0.717, 1.165) is 12.1 Å². The van der Waals surface area contributed by atoms with Crippen LogP contribution in [0.1, 0.15) is 21.6 Å². The molecule has 168 valence electrons. The second-order valence-electron chi connectivity index (χ2n) is 6.38. The van der Waals surface area contributed by atoms with E-state index in [4.69, 9.17) is 16.3 Å². The molecule has 2 aromatic carbocycles. The summed E-state index contributed by atoms with van der Waals surface area (Å²) in [6, 6.07) is 10.6. The number of aliphatic imine (C=N–C) groups is 1. The van der Waals surface area contributed by atoms with Crippen LogP contribution in [0, 0.1) is 5.82 Å². The molecule has 0 bridgehead atoms. The molecule has 0 spiro atoms. The third kappa shape index (κ3) is 5.97. The van der Waals surface area contributed by atoms with E-state index in [2.05, 4.69) is 20.7 Å². The summed E-state index contributed by atoms with van der Waals surface area (Å²) in [5.74, 6) is -1.13. The minimum atomic E-state index is -4.63. The van der Waals surface area contributed by atoms with Crippen LogP contribution in [0.5, 0.6) is 5.75 Å². The molecule has 0 saturated carbocycles. The fourth-order valence-corrected chi connectivity index (χ4v) is 2.75. The first-order valence-corrected chi connectivity index (χ1v) is 9.37. The Hall–Kier alpha value is -3.60. The molecule has 0 radical (unpaired) electrons. The van der Waals surface area contributed by atoms with Gasteiger partial charge in [-0.05, 0) is 35.9 Å². The van der Waals surface area contributed by atoms with Gasteiger partial charge in [-0.2, -0.15) is 18.3 Å². The van der Waals surface area contributed by atoms with Gasteiger partial charge in [0.15, 0.2) is 5.82 Å². The summed E-state index contributed by atoms with van der Waals surface area (Å²) in [5.41, 5.74) is -0.433. The Bertz CT molecular complexity index is 1150. The van der Waals surface area contributed by atoms with Crippen LogP contribution in [-0.4, -0.2) is 29.2 Å². The number of H-pyrrole nitrogens is 1. The Morgan fingerprint density at radius 2 is 2.00 bits per heavy atom. The lowest BCUT2D eigenvalue weighted by Gasteiger charge is -2.11. The second kappa shape index (κ2) is 9.69. The van der Waals surface area contributed by atoms with Crippen molar-refractivity contribution in [2.75, 3.05) is 12.4 Å². The summed E-state index contributed by atoms with van der Waals surface area (Å²) in [4.78, 5) is 16.8. The lowest BCUT2D eigenvalue weighted by atomic mass is 10.2. The zero-order valence-corrected chi connectivity index (χ0v) is 17.2. The standard InChI is InChI=1S/C20H16ClF4N5O2/c1-32-14-4-2-3-11(7-14)18(31)28-19(26-10-12-5-6-13(22)8-15(12)21)27-17-9-16(29-30-17)20(23,24)25/h2-9H,10H2,1H3,(H3,26,27,28,29,30,31). The summed E-state index contributed by atoms with van der Waals surface area (Å²) >= 11 is 5.99. The maximum atomic E-state index is 13.3. The number of ether oxygens (including phenoxy) is 1. The van der Waals surface area contributed by atoms with Gasteiger partial charge in [0.1, 0.15) is 17.3 Å². The fourth-order valence-electron chi connectivity index (χ4n) is 2.52. The topological polar surface area (TPSA) is 91.4 Å². The van der Waals surface area contributed by atoms with Crippen molar-refractivity contribution >= 4 is 29.3 Å². The Balaban J connectivity index is 1.85. The molecule has 3 aromatic rings. The largest absolute Gasteiger partial charge is 0.497 e. The minimum Gasteiger partial charge on any atom is -0.497 e. The highest BCUT2D eigenvalue weighted by molar-refractivity contribution is 6.31. The second-order valence-corrected chi connectivity index (χ2v) is 6.78. The van der Waals surface area contributed by atoms with Crippen LogP contribution >= 0.6 is 11.6 Å². The molecule has 0 fully saturated rings. The van der Waals surface area contributed by atoms with Crippen molar-refractivity contribution in [3.05, 3.63) is 76.2 Å². The normalized spacial score (nSPS) is 11.9. The summed E-state index contributed by atoms with van der Waals surface area (Å²) in [6.45, 7) is -0.101. The van der Waals surface area contributed by atoms with E-state index in [1.54, 1.807) is 12.1 Å². The first kappa shape index (κ1) is 23.1. The highest BCUT2D eigenvalue weighted by atomic mass is 35.5. The lowest BCUT2D eigenvalue weighted by Crippen LogP contribution is -2.36. The SMILES string of the molecule is COc1cccc(C(=O)NC(=NCc2ccc(F)cc2Cl)Nc2cc(C(F)(F)F)[nH]n2)c1. The molecule has 0 aliphatic carbocycles. The highest BCUT2D eigenvalue weighted by Gasteiger charge is 2.33. The van der Waals surface area contributed by atoms with E-state index >= 15 is 0 Å². The average Bonchev–Trinajstić information content (AvgIpc) is 3.22. The van der Waals surface area contributed by atoms with Crippen LogP contribution in [0.15, 0.2) is 53.5 Å². The van der Waals surface area contributed by atoms with Crippen LogP contribution in [0.4, 0.5) is 23.4 Å². The molecule has 1 amide bonds. The predicted molar refractivity (Wildman–Crippen MR) is 110 cm³/mol. The van der Waals surface area contributed by atoms with Gasteiger partial charge >= 0.3 is 6.18 Å². The Labute approximate surface area is 184 Å². The van der Waals surface area contributed by atoms with Crippen molar-refractivity contribution in [1.29, 1.82) is 0 Å². The molecule has 7 nitrogen and oxygen atoms in total. The molecule has 0 aliphatic heterocycles. The highest BCUT2D eigenvalue weighted by Crippen LogP contribution is 2.28. The van der Waals surface area contributed by atoms with E-state index in [1.165, 1.54) is 31.4 Å². The molecule has 0 unspecified atom stereocenters. The van der Waals surface area contributed by atoms with Crippen molar-refractivity contribution in [2.24, 2.45) is 4.99 Å². The molecule has 3 N–H and O–H groups in total. The maximum absolute atomic E-state index is 13.3. The van der Waals surface area contributed by atoms with Gasteiger partial charge < -0.3 is 10.1 Å². The molecule has 12 heteroatoms. The Morgan fingerprint density at radius 3 is 2.66 bits per heavy atom. The number of carbonyl (C=O) groups excluding carboxylic acids is 1. The van der Waals surface area contributed by atoms with Crippen molar-refractivity contribution in [2.45, 2.75) is 12.7 Å². The summed E-state index contributed by atoms with van der Waals surface area (Å²) < 4.78 is 56.8. The van der Waals surface area contributed by atoms with Gasteiger partial charge in [-0.25, -0.2) is 9.38 Å². The van der Waals surface area contributed by atoms with E-state index in [1.807, 2.05) is 5.10 Å². The molecular formula is C20H16ClF4N5O2. The number of hydrogen-bond acceptors (Lipinski definition) is 4. The molecule has 1 heterocycles. The number of amides is 1. The van der Waals surface area contributed by atoms with E-state index < -0.39 is 23.6 Å². The zero-order chi connectivity index (χ0) is 23.3. The van der Waals surface area contributed by atoms with Crippen molar-refractivity contribution < 1.29 is 27.1 Å². The predicted octanol–water partition coefficient (Wildman–Crippen LogP) is 4.63. The number of carbonyl (C=O) groups is 1. The van der Waals surface area contributed by atoms with E-state index in [0.29, 0.717) is 11.3 Å². The number of rotatable bonds is 5. The molecule has 0 saturated heterocycles. The van der Waals surface area contributed by atoms with Crippen molar-refractivity contribution in [3.8, 4) is 5.75 Å². The van der Waals surface area contributed by atoms with Crippen LogP contribution in [0.3, 0.4) is 0 Å². The zero-order valence-electron chi connectivity index (χ0n) is 16.4. The van der Waals surface area contributed by atoms with Gasteiger partial charge in [0.25, 0.3) is 5.91 Å². The van der Waals surface area contributed by atoms with Crippen molar-refractivity contribution in [1.82, 2.24) is 15.5 Å². The quantitative estimate of drug-likeness (QED) is 0.289. The van der Waals surface area contributed by atoms with E-state index in [9.17, 15) is 22.4 Å².